The highest BCUT2D eigenvalue weighted by molar-refractivity contribution is 14.1. The van der Waals surface area contributed by atoms with Crippen LogP contribution >= 0.6 is 22.6 Å². The SMILES string of the molecule is CCc1ccc(C(C)NC(=O)c2ccc(C)cc2I)cc1. The molecule has 0 aliphatic heterocycles. The predicted octanol–water partition coefficient (Wildman–Crippen LogP) is 4.65. The molecule has 0 bridgehead atoms. The summed E-state index contributed by atoms with van der Waals surface area (Å²) in [6.45, 7) is 6.18. The van der Waals surface area contributed by atoms with Crippen LogP contribution in [0.3, 0.4) is 0 Å². The zero-order chi connectivity index (χ0) is 15.4. The molecule has 0 aliphatic rings. The second-order valence-electron chi connectivity index (χ2n) is 5.27. The molecular weight excluding hydrogens is 373 g/mol. The second-order valence-corrected chi connectivity index (χ2v) is 6.44. The first kappa shape index (κ1) is 16.0. The summed E-state index contributed by atoms with van der Waals surface area (Å²) in [5.74, 6) is -0.0218. The molecule has 21 heavy (non-hydrogen) atoms. The Kier molecular flexibility index (Phi) is 5.39. The van der Waals surface area contributed by atoms with Crippen molar-refractivity contribution in [3.8, 4) is 0 Å². The third-order valence-corrected chi connectivity index (χ3v) is 4.50. The Hall–Kier alpha value is -1.36. The van der Waals surface area contributed by atoms with E-state index in [1.54, 1.807) is 0 Å². The van der Waals surface area contributed by atoms with Gasteiger partial charge in [0.15, 0.2) is 0 Å². The summed E-state index contributed by atoms with van der Waals surface area (Å²) in [7, 11) is 0. The minimum Gasteiger partial charge on any atom is -0.345 e. The highest BCUT2D eigenvalue weighted by Gasteiger charge is 2.13. The number of hydrogen-bond donors (Lipinski definition) is 1. The fraction of sp³-hybridized carbons (Fsp3) is 0.278. The van der Waals surface area contributed by atoms with Crippen molar-refractivity contribution in [3.63, 3.8) is 0 Å². The third kappa shape index (κ3) is 4.06. The average Bonchev–Trinajstić information content (AvgIpc) is 2.47. The lowest BCUT2D eigenvalue weighted by molar-refractivity contribution is 0.0939. The van der Waals surface area contributed by atoms with Crippen molar-refractivity contribution in [1.82, 2.24) is 5.32 Å². The molecule has 110 valence electrons. The summed E-state index contributed by atoms with van der Waals surface area (Å²) in [6.07, 6.45) is 1.03. The first-order valence-electron chi connectivity index (χ1n) is 7.17. The maximum atomic E-state index is 12.4. The fourth-order valence-corrected chi connectivity index (χ4v) is 3.12. The molecule has 0 fully saturated rings. The molecule has 2 aromatic carbocycles. The van der Waals surface area contributed by atoms with E-state index in [1.807, 2.05) is 32.0 Å². The number of hydrogen-bond acceptors (Lipinski definition) is 1. The van der Waals surface area contributed by atoms with Crippen molar-refractivity contribution in [1.29, 1.82) is 0 Å². The van der Waals surface area contributed by atoms with Crippen molar-refractivity contribution >= 4 is 28.5 Å². The van der Waals surface area contributed by atoms with Gasteiger partial charge in [-0.15, -0.1) is 0 Å². The van der Waals surface area contributed by atoms with Crippen LogP contribution in [0.5, 0.6) is 0 Å². The summed E-state index contributed by atoms with van der Waals surface area (Å²) in [5.41, 5.74) is 4.34. The van der Waals surface area contributed by atoms with Crippen LogP contribution in [-0.4, -0.2) is 5.91 Å². The lowest BCUT2D eigenvalue weighted by Gasteiger charge is -2.15. The van der Waals surface area contributed by atoms with Crippen molar-refractivity contribution in [2.75, 3.05) is 0 Å². The standard InChI is InChI=1S/C18H20INO/c1-4-14-6-8-15(9-7-14)13(3)20-18(21)16-10-5-12(2)11-17(16)19/h5-11,13H,4H2,1-3H3,(H,20,21). The van der Waals surface area contributed by atoms with Gasteiger partial charge in [-0.1, -0.05) is 42.8 Å². The van der Waals surface area contributed by atoms with Gasteiger partial charge < -0.3 is 5.32 Å². The summed E-state index contributed by atoms with van der Waals surface area (Å²) in [5, 5.41) is 3.07. The Bertz CT molecular complexity index is 634. The summed E-state index contributed by atoms with van der Waals surface area (Å²) in [6, 6.07) is 14.3. The Balaban J connectivity index is 2.10. The van der Waals surface area contributed by atoms with E-state index in [9.17, 15) is 4.79 Å². The van der Waals surface area contributed by atoms with Gasteiger partial charge in [-0.25, -0.2) is 0 Å². The molecule has 3 heteroatoms. The normalized spacial score (nSPS) is 12.0. The molecule has 0 saturated carbocycles. The van der Waals surface area contributed by atoms with Gasteiger partial charge in [-0.05, 0) is 66.1 Å². The number of aryl methyl sites for hydroxylation is 2. The molecular formula is C18H20INO. The number of nitrogens with one attached hydrogen (secondary N) is 1. The minimum absolute atomic E-state index is 0.000471. The summed E-state index contributed by atoms with van der Waals surface area (Å²) in [4.78, 5) is 12.4. The lowest BCUT2D eigenvalue weighted by Crippen LogP contribution is -2.27. The quantitative estimate of drug-likeness (QED) is 0.753. The molecule has 0 heterocycles. The predicted molar refractivity (Wildman–Crippen MR) is 95.6 cm³/mol. The molecule has 2 rings (SSSR count). The van der Waals surface area contributed by atoms with Crippen LogP contribution in [0.1, 0.15) is 46.9 Å². The molecule has 0 aromatic heterocycles. The van der Waals surface area contributed by atoms with Gasteiger partial charge in [0.05, 0.1) is 11.6 Å². The number of benzene rings is 2. The maximum absolute atomic E-state index is 12.4. The van der Waals surface area contributed by atoms with Crippen molar-refractivity contribution < 1.29 is 4.79 Å². The minimum atomic E-state index is -0.0218. The molecule has 1 N–H and O–H groups in total. The van der Waals surface area contributed by atoms with Crippen molar-refractivity contribution in [3.05, 3.63) is 68.3 Å². The summed E-state index contributed by atoms with van der Waals surface area (Å²) >= 11 is 2.21. The van der Waals surface area contributed by atoms with Gasteiger partial charge in [0.1, 0.15) is 0 Å². The van der Waals surface area contributed by atoms with E-state index in [0.717, 1.165) is 21.1 Å². The lowest BCUT2D eigenvalue weighted by atomic mass is 10.0. The largest absolute Gasteiger partial charge is 0.345 e. The van der Waals surface area contributed by atoms with E-state index in [0.29, 0.717) is 0 Å². The molecule has 0 saturated heterocycles. The number of halogens is 1. The van der Waals surface area contributed by atoms with Crippen molar-refractivity contribution in [2.24, 2.45) is 0 Å². The van der Waals surface area contributed by atoms with Crippen LogP contribution < -0.4 is 5.32 Å². The van der Waals surface area contributed by atoms with E-state index >= 15 is 0 Å². The molecule has 1 unspecified atom stereocenters. The van der Waals surface area contributed by atoms with Gasteiger partial charge in [0.2, 0.25) is 0 Å². The van der Waals surface area contributed by atoms with Crippen LogP contribution in [0.25, 0.3) is 0 Å². The van der Waals surface area contributed by atoms with E-state index in [-0.39, 0.29) is 11.9 Å². The van der Waals surface area contributed by atoms with Crippen LogP contribution in [0.4, 0.5) is 0 Å². The smallest absolute Gasteiger partial charge is 0.252 e. The van der Waals surface area contributed by atoms with Gasteiger partial charge in [-0.2, -0.15) is 0 Å². The highest BCUT2D eigenvalue weighted by Crippen LogP contribution is 2.18. The van der Waals surface area contributed by atoms with Crippen LogP contribution in [-0.2, 0) is 6.42 Å². The average molecular weight is 393 g/mol. The van der Waals surface area contributed by atoms with E-state index in [2.05, 4.69) is 59.1 Å². The number of rotatable bonds is 4. The van der Waals surface area contributed by atoms with E-state index in [1.165, 1.54) is 11.1 Å². The molecule has 2 nitrogen and oxygen atoms in total. The number of amides is 1. The Morgan fingerprint density at radius 2 is 1.86 bits per heavy atom. The first-order valence-corrected chi connectivity index (χ1v) is 8.25. The Morgan fingerprint density at radius 3 is 2.43 bits per heavy atom. The molecule has 2 aromatic rings. The second kappa shape index (κ2) is 7.07. The van der Waals surface area contributed by atoms with Gasteiger partial charge in [-0.3, -0.25) is 4.79 Å². The maximum Gasteiger partial charge on any atom is 0.252 e. The van der Waals surface area contributed by atoms with Crippen LogP contribution in [0.15, 0.2) is 42.5 Å². The van der Waals surface area contributed by atoms with Gasteiger partial charge in [0.25, 0.3) is 5.91 Å². The fourth-order valence-electron chi connectivity index (χ4n) is 2.20. The van der Waals surface area contributed by atoms with Gasteiger partial charge >= 0.3 is 0 Å². The summed E-state index contributed by atoms with van der Waals surface area (Å²) < 4.78 is 0.985. The van der Waals surface area contributed by atoms with Crippen molar-refractivity contribution in [2.45, 2.75) is 33.2 Å². The number of carbonyl (C=O) groups is 1. The molecule has 1 amide bonds. The van der Waals surface area contributed by atoms with E-state index in [4.69, 9.17) is 0 Å². The van der Waals surface area contributed by atoms with Crippen LogP contribution in [0, 0.1) is 10.5 Å². The molecule has 0 aliphatic carbocycles. The zero-order valence-electron chi connectivity index (χ0n) is 12.6. The van der Waals surface area contributed by atoms with Gasteiger partial charge in [0, 0.05) is 3.57 Å². The number of carbonyl (C=O) groups excluding carboxylic acids is 1. The zero-order valence-corrected chi connectivity index (χ0v) is 14.8. The Labute approximate surface area is 140 Å². The van der Waals surface area contributed by atoms with E-state index < -0.39 is 0 Å². The highest BCUT2D eigenvalue weighted by atomic mass is 127. The molecule has 1 atom stereocenters. The Morgan fingerprint density at radius 1 is 1.19 bits per heavy atom. The van der Waals surface area contributed by atoms with Crippen LogP contribution in [0.2, 0.25) is 0 Å². The first-order chi connectivity index (χ1) is 10.0. The monoisotopic (exact) mass is 393 g/mol. The molecule has 0 spiro atoms. The topological polar surface area (TPSA) is 29.1 Å². The molecule has 0 radical (unpaired) electrons. The third-order valence-electron chi connectivity index (χ3n) is 3.60.